The molecule has 4 heteroatoms. The Labute approximate surface area is 165 Å². The predicted octanol–water partition coefficient (Wildman–Crippen LogP) is 5.51. The minimum atomic E-state index is -0.457. The summed E-state index contributed by atoms with van der Waals surface area (Å²) in [5.74, 6) is 0.651. The van der Waals surface area contributed by atoms with Crippen LogP contribution in [0.15, 0.2) is 91.6 Å². The lowest BCUT2D eigenvalue weighted by Crippen LogP contribution is -2.08. The lowest BCUT2D eigenvalue weighted by atomic mass is 10.0. The predicted molar refractivity (Wildman–Crippen MR) is 111 cm³/mol. The number of esters is 1. The fourth-order valence-corrected chi connectivity index (χ4v) is 2.13. The topological polar surface area (TPSA) is 59.3 Å². The van der Waals surface area contributed by atoms with Crippen LogP contribution in [0.3, 0.4) is 0 Å². The summed E-state index contributed by atoms with van der Waals surface area (Å²) in [6.07, 6.45) is 3.30. The van der Waals surface area contributed by atoms with Gasteiger partial charge in [0.1, 0.15) is 18.1 Å². The second-order valence-electron chi connectivity index (χ2n) is 6.18. The third-order valence-electron chi connectivity index (χ3n) is 3.64. The smallest absolute Gasteiger partial charge is 0.343 e. The highest BCUT2D eigenvalue weighted by Crippen LogP contribution is 2.20. The maximum Gasteiger partial charge on any atom is 0.343 e. The van der Waals surface area contributed by atoms with Gasteiger partial charge in [0.05, 0.1) is 11.6 Å². The first-order chi connectivity index (χ1) is 13.4. The van der Waals surface area contributed by atoms with Gasteiger partial charge in [0.25, 0.3) is 0 Å². The van der Waals surface area contributed by atoms with E-state index in [1.807, 2.05) is 13.0 Å². The number of allylic oxidation sites excluding steroid dienone is 4. The number of ether oxygens (including phenoxy) is 2. The second kappa shape index (κ2) is 9.75. The quantitative estimate of drug-likeness (QED) is 0.202. The summed E-state index contributed by atoms with van der Waals surface area (Å²) in [4.78, 5) is 12.3. The molecule has 0 bridgehead atoms. The van der Waals surface area contributed by atoms with E-state index >= 15 is 0 Å². The van der Waals surface area contributed by atoms with Crippen LogP contribution in [-0.4, -0.2) is 12.6 Å². The van der Waals surface area contributed by atoms with E-state index in [9.17, 15) is 4.79 Å². The minimum Gasteiger partial charge on any atom is -0.489 e. The van der Waals surface area contributed by atoms with Crippen molar-refractivity contribution in [2.45, 2.75) is 6.92 Å². The van der Waals surface area contributed by atoms with E-state index < -0.39 is 5.97 Å². The van der Waals surface area contributed by atoms with Crippen LogP contribution in [0.25, 0.3) is 5.57 Å². The molecular weight excluding hydrogens is 350 g/mol. The van der Waals surface area contributed by atoms with Crippen molar-refractivity contribution < 1.29 is 14.3 Å². The maximum atomic E-state index is 12.3. The fraction of sp³-hybridized carbons (Fsp3) is 0.0833. The Morgan fingerprint density at radius 3 is 2.11 bits per heavy atom. The highest BCUT2D eigenvalue weighted by atomic mass is 16.5. The molecule has 2 aromatic carbocycles. The zero-order valence-electron chi connectivity index (χ0n) is 15.8. The third-order valence-corrected chi connectivity index (χ3v) is 3.64. The summed E-state index contributed by atoms with van der Waals surface area (Å²) in [6.45, 7) is 13.6. The Hall–Kier alpha value is -3.84. The number of rotatable bonds is 8. The van der Waals surface area contributed by atoms with E-state index in [-0.39, 0.29) is 0 Å². The van der Waals surface area contributed by atoms with Crippen LogP contribution in [0.1, 0.15) is 22.8 Å². The molecule has 0 spiro atoms. The Kier molecular flexibility index (Phi) is 7.13. The van der Waals surface area contributed by atoms with Gasteiger partial charge in [-0.15, -0.1) is 0 Å². The van der Waals surface area contributed by atoms with Crippen LogP contribution in [-0.2, 0) is 0 Å². The molecule has 0 unspecified atom stereocenters. The lowest BCUT2D eigenvalue weighted by Gasteiger charge is -2.08. The van der Waals surface area contributed by atoms with Crippen molar-refractivity contribution >= 4 is 11.5 Å². The molecule has 0 aliphatic heterocycles. The SMILES string of the molecule is C=C(C#N)/C=C\C(=C)c1ccc(C(=O)Oc2ccc(OCC(=C)C)cc2)cc1. The molecule has 2 rings (SSSR count). The van der Waals surface area contributed by atoms with Crippen molar-refractivity contribution in [2.24, 2.45) is 0 Å². The number of carbonyl (C=O) groups is 1. The molecule has 0 radical (unpaired) electrons. The first-order valence-electron chi connectivity index (χ1n) is 8.55. The highest BCUT2D eigenvalue weighted by molar-refractivity contribution is 5.91. The lowest BCUT2D eigenvalue weighted by molar-refractivity contribution is 0.0734. The van der Waals surface area contributed by atoms with Crippen LogP contribution in [0.5, 0.6) is 11.5 Å². The van der Waals surface area contributed by atoms with Crippen LogP contribution < -0.4 is 9.47 Å². The normalized spacial score (nSPS) is 10.1. The van der Waals surface area contributed by atoms with Crippen LogP contribution in [0, 0.1) is 11.3 Å². The first-order valence-corrected chi connectivity index (χ1v) is 8.55. The Bertz CT molecular complexity index is 958. The van der Waals surface area contributed by atoms with Gasteiger partial charge in [-0.25, -0.2) is 4.79 Å². The second-order valence-corrected chi connectivity index (χ2v) is 6.18. The molecule has 0 aliphatic carbocycles. The maximum absolute atomic E-state index is 12.3. The molecule has 0 atom stereocenters. The standard InChI is InChI=1S/C24H21NO3/c1-17(2)16-27-22-11-13-23(14-12-22)28-24(26)21-9-7-20(8-10-21)19(4)6-5-18(3)15-25/h5-14H,1,3-4,16H2,2H3/b6-5-. The Morgan fingerprint density at radius 1 is 0.964 bits per heavy atom. The molecule has 2 aromatic rings. The van der Waals surface area contributed by atoms with Gasteiger partial charge in [-0.2, -0.15) is 5.26 Å². The van der Waals surface area contributed by atoms with Crippen molar-refractivity contribution in [3.8, 4) is 17.6 Å². The number of hydrogen-bond acceptors (Lipinski definition) is 4. The summed E-state index contributed by atoms with van der Waals surface area (Å²) in [5, 5.41) is 8.71. The summed E-state index contributed by atoms with van der Waals surface area (Å²) in [5.41, 5.74) is 3.23. The first kappa shape index (κ1) is 20.5. The monoisotopic (exact) mass is 371 g/mol. The Morgan fingerprint density at radius 2 is 1.54 bits per heavy atom. The summed E-state index contributed by atoms with van der Waals surface area (Å²) in [7, 11) is 0. The van der Waals surface area contributed by atoms with Crippen LogP contribution in [0.2, 0.25) is 0 Å². The van der Waals surface area contributed by atoms with Crippen LogP contribution >= 0.6 is 0 Å². The number of nitrogens with zero attached hydrogens (tertiary/aromatic N) is 1. The van der Waals surface area contributed by atoms with Crippen molar-refractivity contribution in [1.29, 1.82) is 5.26 Å². The van der Waals surface area contributed by atoms with E-state index in [4.69, 9.17) is 14.7 Å². The molecule has 0 fully saturated rings. The molecule has 0 saturated carbocycles. The molecule has 0 heterocycles. The zero-order valence-corrected chi connectivity index (χ0v) is 15.8. The summed E-state index contributed by atoms with van der Waals surface area (Å²) >= 11 is 0. The number of benzene rings is 2. The van der Waals surface area contributed by atoms with E-state index in [1.54, 1.807) is 60.7 Å². The van der Waals surface area contributed by atoms with Gasteiger partial charge in [-0.05, 0) is 66.1 Å². The van der Waals surface area contributed by atoms with E-state index in [0.717, 1.165) is 11.1 Å². The van der Waals surface area contributed by atoms with E-state index in [2.05, 4.69) is 19.7 Å². The molecule has 0 aliphatic rings. The Balaban J connectivity index is 1.98. The largest absolute Gasteiger partial charge is 0.489 e. The molecule has 0 N–H and O–H groups in total. The van der Waals surface area contributed by atoms with Gasteiger partial charge in [-0.1, -0.05) is 37.9 Å². The van der Waals surface area contributed by atoms with Gasteiger partial charge >= 0.3 is 5.97 Å². The number of nitriles is 1. The van der Waals surface area contributed by atoms with Crippen molar-refractivity contribution in [3.05, 3.63) is 103 Å². The number of hydrogen-bond donors (Lipinski definition) is 0. The third kappa shape index (κ3) is 6.15. The summed E-state index contributed by atoms with van der Waals surface area (Å²) < 4.78 is 10.9. The van der Waals surface area contributed by atoms with Crippen molar-refractivity contribution in [1.82, 2.24) is 0 Å². The van der Waals surface area contributed by atoms with Gasteiger partial charge in [0.2, 0.25) is 0 Å². The van der Waals surface area contributed by atoms with Gasteiger partial charge in [-0.3, -0.25) is 0 Å². The van der Waals surface area contributed by atoms with Crippen molar-refractivity contribution in [3.63, 3.8) is 0 Å². The van der Waals surface area contributed by atoms with Gasteiger partial charge in [0, 0.05) is 5.57 Å². The number of carbonyl (C=O) groups excluding carboxylic acids is 1. The average molecular weight is 371 g/mol. The van der Waals surface area contributed by atoms with Crippen LogP contribution in [0.4, 0.5) is 0 Å². The van der Waals surface area contributed by atoms with E-state index in [1.165, 1.54) is 0 Å². The molecule has 140 valence electrons. The molecule has 4 nitrogen and oxygen atoms in total. The van der Waals surface area contributed by atoms with Gasteiger partial charge in [0.15, 0.2) is 0 Å². The minimum absolute atomic E-state index is 0.345. The molecule has 0 aromatic heterocycles. The molecule has 28 heavy (non-hydrogen) atoms. The molecule has 0 amide bonds. The van der Waals surface area contributed by atoms with E-state index in [0.29, 0.717) is 34.8 Å². The average Bonchev–Trinajstić information content (AvgIpc) is 2.71. The molecular formula is C24H21NO3. The van der Waals surface area contributed by atoms with Gasteiger partial charge < -0.3 is 9.47 Å². The van der Waals surface area contributed by atoms with Crippen molar-refractivity contribution in [2.75, 3.05) is 6.61 Å². The summed E-state index contributed by atoms with van der Waals surface area (Å²) in [6, 6.07) is 15.6. The fourth-order valence-electron chi connectivity index (χ4n) is 2.13. The zero-order chi connectivity index (χ0) is 20.5. The molecule has 0 saturated heterocycles. The highest BCUT2D eigenvalue weighted by Gasteiger charge is 2.09.